The van der Waals surface area contributed by atoms with Gasteiger partial charge in [-0.3, -0.25) is 20.4 Å². The molecular formula is C10H10BrClN2O3. The first-order valence-corrected chi connectivity index (χ1v) is 5.79. The Morgan fingerprint density at radius 3 is 2.71 bits per heavy atom. The van der Waals surface area contributed by atoms with Gasteiger partial charge in [-0.2, -0.15) is 0 Å². The fourth-order valence-corrected chi connectivity index (χ4v) is 1.73. The third-order valence-electron chi connectivity index (χ3n) is 1.63. The van der Waals surface area contributed by atoms with Crippen LogP contribution in [-0.2, 0) is 9.59 Å². The van der Waals surface area contributed by atoms with Gasteiger partial charge in [-0.1, -0.05) is 11.6 Å². The third kappa shape index (κ3) is 5.06. The number of hydrogen-bond acceptors (Lipinski definition) is 3. The summed E-state index contributed by atoms with van der Waals surface area (Å²) < 4.78 is 5.87. The largest absolute Gasteiger partial charge is 0.483 e. The van der Waals surface area contributed by atoms with Crippen molar-refractivity contribution in [2.24, 2.45) is 0 Å². The van der Waals surface area contributed by atoms with Crippen LogP contribution in [0.15, 0.2) is 22.7 Å². The summed E-state index contributed by atoms with van der Waals surface area (Å²) in [5, 5.41) is 0.562. The normalized spacial score (nSPS) is 9.59. The summed E-state index contributed by atoms with van der Waals surface area (Å²) in [6.07, 6.45) is 0. The van der Waals surface area contributed by atoms with Crippen LogP contribution in [0.3, 0.4) is 0 Å². The highest BCUT2D eigenvalue weighted by Crippen LogP contribution is 2.27. The van der Waals surface area contributed by atoms with Crippen LogP contribution >= 0.6 is 27.5 Å². The van der Waals surface area contributed by atoms with Gasteiger partial charge in [-0.05, 0) is 34.1 Å². The average Bonchev–Trinajstić information content (AvgIpc) is 2.25. The van der Waals surface area contributed by atoms with Gasteiger partial charge in [-0.25, -0.2) is 0 Å². The third-order valence-corrected chi connectivity index (χ3v) is 2.49. The van der Waals surface area contributed by atoms with Gasteiger partial charge in [0.2, 0.25) is 5.91 Å². The quantitative estimate of drug-likeness (QED) is 0.832. The topological polar surface area (TPSA) is 67.4 Å². The van der Waals surface area contributed by atoms with Crippen molar-refractivity contribution >= 4 is 39.3 Å². The van der Waals surface area contributed by atoms with Crippen LogP contribution in [0.2, 0.25) is 5.02 Å². The number of nitrogens with one attached hydrogen (secondary N) is 2. The summed E-state index contributed by atoms with van der Waals surface area (Å²) in [6.45, 7) is 1.08. The Morgan fingerprint density at radius 1 is 1.41 bits per heavy atom. The number of hydrazine groups is 1. The Hall–Kier alpha value is -1.27. The molecule has 0 aliphatic carbocycles. The lowest BCUT2D eigenvalue weighted by atomic mass is 10.3. The number of rotatable bonds is 3. The van der Waals surface area contributed by atoms with Crippen LogP contribution < -0.4 is 15.6 Å². The van der Waals surface area contributed by atoms with E-state index in [0.29, 0.717) is 15.2 Å². The van der Waals surface area contributed by atoms with E-state index in [1.807, 2.05) is 0 Å². The molecule has 0 unspecified atom stereocenters. The van der Waals surface area contributed by atoms with Crippen molar-refractivity contribution in [1.29, 1.82) is 0 Å². The first-order chi connectivity index (χ1) is 7.99. The summed E-state index contributed by atoms with van der Waals surface area (Å²) in [5.74, 6) is -0.319. The Kier molecular flexibility index (Phi) is 5.24. The molecule has 1 aromatic rings. The van der Waals surface area contributed by atoms with Crippen LogP contribution in [0.1, 0.15) is 6.92 Å². The lowest BCUT2D eigenvalue weighted by molar-refractivity contribution is -0.129. The number of ether oxygens (including phenoxy) is 1. The minimum atomic E-state index is -0.456. The maximum Gasteiger partial charge on any atom is 0.276 e. The fraction of sp³-hybridized carbons (Fsp3) is 0.200. The minimum absolute atomic E-state index is 0.208. The average molecular weight is 322 g/mol. The first-order valence-electron chi connectivity index (χ1n) is 4.62. The number of carbonyl (C=O) groups excluding carboxylic acids is 2. The second-order valence-corrected chi connectivity index (χ2v) is 4.38. The van der Waals surface area contributed by atoms with Crippen molar-refractivity contribution in [3.05, 3.63) is 27.7 Å². The molecular weight excluding hydrogens is 311 g/mol. The molecule has 0 atom stereocenters. The van der Waals surface area contributed by atoms with E-state index >= 15 is 0 Å². The van der Waals surface area contributed by atoms with E-state index in [9.17, 15) is 9.59 Å². The number of halogens is 2. The van der Waals surface area contributed by atoms with Crippen LogP contribution in [0, 0.1) is 0 Å². The highest BCUT2D eigenvalue weighted by atomic mass is 79.9. The van der Waals surface area contributed by atoms with E-state index in [1.165, 1.54) is 6.92 Å². The molecule has 0 saturated heterocycles. The highest BCUT2D eigenvalue weighted by Gasteiger charge is 2.06. The monoisotopic (exact) mass is 320 g/mol. The van der Waals surface area contributed by atoms with E-state index in [0.717, 1.165) is 0 Å². The lowest BCUT2D eigenvalue weighted by Crippen LogP contribution is -2.42. The minimum Gasteiger partial charge on any atom is -0.483 e. The van der Waals surface area contributed by atoms with Crippen LogP contribution in [-0.4, -0.2) is 18.4 Å². The molecule has 0 aromatic heterocycles. The Labute approximate surface area is 112 Å². The van der Waals surface area contributed by atoms with E-state index < -0.39 is 5.91 Å². The number of carbonyl (C=O) groups is 2. The van der Waals surface area contributed by atoms with Gasteiger partial charge in [0.05, 0.1) is 4.47 Å². The molecule has 0 aliphatic heterocycles. The predicted octanol–water partition coefficient (Wildman–Crippen LogP) is 1.65. The van der Waals surface area contributed by atoms with E-state index in [4.69, 9.17) is 16.3 Å². The number of benzene rings is 1. The highest BCUT2D eigenvalue weighted by molar-refractivity contribution is 9.10. The first kappa shape index (κ1) is 13.8. The van der Waals surface area contributed by atoms with E-state index in [-0.39, 0.29) is 12.5 Å². The fourth-order valence-electron chi connectivity index (χ4n) is 0.929. The van der Waals surface area contributed by atoms with Crippen molar-refractivity contribution in [2.45, 2.75) is 6.92 Å². The summed E-state index contributed by atoms with van der Waals surface area (Å²) in [5.41, 5.74) is 4.33. The van der Waals surface area contributed by atoms with Crippen molar-refractivity contribution in [1.82, 2.24) is 10.9 Å². The van der Waals surface area contributed by atoms with Crippen molar-refractivity contribution in [3.8, 4) is 5.75 Å². The Balaban J connectivity index is 2.44. The molecule has 2 N–H and O–H groups in total. The molecule has 0 saturated carbocycles. The van der Waals surface area contributed by atoms with Crippen molar-refractivity contribution in [3.63, 3.8) is 0 Å². The summed E-state index contributed by atoms with van der Waals surface area (Å²) in [4.78, 5) is 21.7. The Morgan fingerprint density at radius 2 is 2.12 bits per heavy atom. The van der Waals surface area contributed by atoms with Gasteiger partial charge in [0.25, 0.3) is 5.91 Å². The van der Waals surface area contributed by atoms with Gasteiger partial charge in [0, 0.05) is 11.9 Å². The van der Waals surface area contributed by atoms with E-state index in [2.05, 4.69) is 26.8 Å². The maximum atomic E-state index is 11.2. The number of hydrogen-bond donors (Lipinski definition) is 2. The molecule has 0 bridgehead atoms. The van der Waals surface area contributed by atoms with Gasteiger partial charge < -0.3 is 4.74 Å². The molecule has 92 valence electrons. The van der Waals surface area contributed by atoms with Gasteiger partial charge >= 0.3 is 0 Å². The second-order valence-electron chi connectivity index (χ2n) is 3.09. The lowest BCUT2D eigenvalue weighted by Gasteiger charge is -2.08. The molecule has 0 fully saturated rings. The van der Waals surface area contributed by atoms with Gasteiger partial charge in [0.1, 0.15) is 5.75 Å². The molecule has 0 aliphatic rings. The zero-order valence-electron chi connectivity index (χ0n) is 8.92. The molecule has 17 heavy (non-hydrogen) atoms. The zero-order valence-corrected chi connectivity index (χ0v) is 11.3. The van der Waals surface area contributed by atoms with Gasteiger partial charge in [0.15, 0.2) is 6.61 Å². The standard InChI is InChI=1S/C10H10BrClN2O3/c1-6(15)13-14-10(16)5-17-9-3-2-7(12)4-8(9)11/h2-4H,5H2,1H3,(H,13,15)(H,14,16). The van der Waals surface area contributed by atoms with Crippen LogP contribution in [0.25, 0.3) is 0 Å². The van der Waals surface area contributed by atoms with Crippen molar-refractivity contribution in [2.75, 3.05) is 6.61 Å². The van der Waals surface area contributed by atoms with Crippen LogP contribution in [0.5, 0.6) is 5.75 Å². The smallest absolute Gasteiger partial charge is 0.276 e. The predicted molar refractivity (Wildman–Crippen MR) is 66.6 cm³/mol. The maximum absolute atomic E-state index is 11.2. The summed E-state index contributed by atoms with van der Waals surface area (Å²) >= 11 is 9.00. The molecule has 0 heterocycles. The molecule has 2 amide bonds. The molecule has 1 aromatic carbocycles. The zero-order chi connectivity index (χ0) is 12.8. The van der Waals surface area contributed by atoms with Crippen LogP contribution in [0.4, 0.5) is 0 Å². The second kappa shape index (κ2) is 6.46. The molecule has 5 nitrogen and oxygen atoms in total. The SMILES string of the molecule is CC(=O)NNC(=O)COc1ccc(Cl)cc1Br. The molecule has 0 spiro atoms. The van der Waals surface area contributed by atoms with Gasteiger partial charge in [-0.15, -0.1) is 0 Å². The summed E-state index contributed by atoms with van der Waals surface area (Å²) in [7, 11) is 0. The number of amides is 2. The Bertz CT molecular complexity index is 440. The van der Waals surface area contributed by atoms with Crippen molar-refractivity contribution < 1.29 is 14.3 Å². The summed E-state index contributed by atoms with van der Waals surface area (Å²) in [6, 6.07) is 4.94. The van der Waals surface area contributed by atoms with E-state index in [1.54, 1.807) is 18.2 Å². The molecule has 7 heteroatoms. The molecule has 0 radical (unpaired) electrons. The molecule has 1 rings (SSSR count).